The van der Waals surface area contributed by atoms with Crippen molar-refractivity contribution in [3.05, 3.63) is 0 Å². The Bertz CT molecular complexity index is 317. The van der Waals surface area contributed by atoms with Crippen LogP contribution in [-0.4, -0.2) is 125 Å². The van der Waals surface area contributed by atoms with Crippen LogP contribution < -0.4 is 5.32 Å². The lowest BCUT2D eigenvalue weighted by atomic mass is 10.6. The minimum absolute atomic E-state index is 0.101. The molecule has 0 saturated carbocycles. The van der Waals surface area contributed by atoms with E-state index in [4.69, 9.17) is 37.9 Å². The number of ether oxygens (including phenoxy) is 8. The first-order valence-electron chi connectivity index (χ1n) is 10.1. The lowest BCUT2D eigenvalue weighted by Crippen LogP contribution is -2.19. The van der Waals surface area contributed by atoms with Crippen molar-refractivity contribution >= 4 is 12.7 Å². The van der Waals surface area contributed by atoms with Gasteiger partial charge in [0.15, 0.2) is 0 Å². The van der Waals surface area contributed by atoms with Crippen LogP contribution in [0.3, 0.4) is 0 Å². The molecule has 11 heteroatoms. The van der Waals surface area contributed by atoms with E-state index in [1.807, 2.05) is 0 Å². The van der Waals surface area contributed by atoms with Gasteiger partial charge in [0.25, 0.3) is 0 Å². The summed E-state index contributed by atoms with van der Waals surface area (Å²) in [5.74, 6) is 0. The minimum atomic E-state index is 0.101. The predicted octanol–water partition coefficient (Wildman–Crippen LogP) is -0.936. The van der Waals surface area contributed by atoms with Gasteiger partial charge in [-0.1, -0.05) is 0 Å². The highest BCUT2D eigenvalue weighted by Gasteiger charge is 1.95. The second-order valence-electron chi connectivity index (χ2n) is 5.60. The van der Waals surface area contributed by atoms with Crippen LogP contribution in [0, 0.1) is 0 Å². The maximum atomic E-state index is 10.0. The molecule has 0 unspecified atom stereocenters. The minimum Gasteiger partial charge on any atom is -0.377 e. The van der Waals surface area contributed by atoms with Gasteiger partial charge in [-0.2, -0.15) is 0 Å². The Labute approximate surface area is 178 Å². The Balaban J connectivity index is 2.99. The Hall–Kier alpha value is -1.18. The summed E-state index contributed by atoms with van der Waals surface area (Å²) in [7, 11) is 0. The van der Waals surface area contributed by atoms with Gasteiger partial charge in [0.1, 0.15) is 12.9 Å². The highest BCUT2D eigenvalue weighted by Crippen LogP contribution is 1.85. The van der Waals surface area contributed by atoms with Crippen LogP contribution in [0.15, 0.2) is 0 Å². The summed E-state index contributed by atoms with van der Waals surface area (Å²) in [6.07, 6.45) is 1.35. The number of rotatable bonds is 27. The molecule has 0 aromatic carbocycles. The zero-order valence-corrected chi connectivity index (χ0v) is 17.8. The number of nitrogens with one attached hydrogen (secondary N) is 1. The lowest BCUT2D eigenvalue weighted by Gasteiger charge is -2.08. The molecule has 11 nitrogen and oxygen atoms in total. The van der Waals surface area contributed by atoms with E-state index in [2.05, 4.69) is 5.32 Å². The van der Waals surface area contributed by atoms with E-state index in [0.717, 1.165) is 0 Å². The summed E-state index contributed by atoms with van der Waals surface area (Å²) in [4.78, 5) is 20.0. The standard InChI is InChI=1S/C19H37NO10/c21-2-4-24-6-8-26-10-12-28-14-16-30-18-17-29-15-13-27-11-9-25-7-5-23-3-1-20-19-22/h2,19H,1,3-18H2,(H,20,22). The van der Waals surface area contributed by atoms with Crippen LogP contribution in [0.2, 0.25) is 0 Å². The molecule has 0 bridgehead atoms. The third-order valence-corrected chi connectivity index (χ3v) is 3.26. The van der Waals surface area contributed by atoms with Crippen molar-refractivity contribution in [1.29, 1.82) is 0 Å². The van der Waals surface area contributed by atoms with E-state index in [9.17, 15) is 9.59 Å². The fourth-order valence-corrected chi connectivity index (χ4v) is 1.86. The molecule has 0 saturated heterocycles. The Morgan fingerprint density at radius 1 is 0.433 bits per heavy atom. The number of hydrogen-bond acceptors (Lipinski definition) is 10. The van der Waals surface area contributed by atoms with Crippen molar-refractivity contribution in [3.8, 4) is 0 Å². The summed E-state index contributed by atoms with van der Waals surface area (Å²) in [6, 6.07) is 0. The van der Waals surface area contributed by atoms with Crippen molar-refractivity contribution in [2.24, 2.45) is 0 Å². The van der Waals surface area contributed by atoms with Gasteiger partial charge in [0, 0.05) is 6.54 Å². The van der Waals surface area contributed by atoms with Crippen LogP contribution in [0.5, 0.6) is 0 Å². The van der Waals surface area contributed by atoms with Crippen molar-refractivity contribution in [2.75, 3.05) is 112 Å². The molecule has 0 radical (unpaired) electrons. The fraction of sp³-hybridized carbons (Fsp3) is 0.895. The molecule has 1 amide bonds. The fourth-order valence-electron chi connectivity index (χ4n) is 1.86. The summed E-state index contributed by atoms with van der Waals surface area (Å²) in [5, 5.41) is 2.51. The molecular weight excluding hydrogens is 402 g/mol. The molecule has 0 aromatic heterocycles. The first kappa shape index (κ1) is 28.8. The normalized spacial score (nSPS) is 10.9. The average Bonchev–Trinajstić information content (AvgIpc) is 2.76. The molecule has 0 fully saturated rings. The first-order valence-corrected chi connectivity index (χ1v) is 10.1. The molecule has 0 atom stereocenters. The Kier molecular flexibility index (Phi) is 26.7. The topological polar surface area (TPSA) is 120 Å². The second-order valence-corrected chi connectivity index (χ2v) is 5.60. The molecule has 178 valence electrons. The van der Waals surface area contributed by atoms with E-state index in [1.165, 1.54) is 0 Å². The first-order chi connectivity index (χ1) is 14.9. The van der Waals surface area contributed by atoms with Crippen LogP contribution in [0.25, 0.3) is 0 Å². The van der Waals surface area contributed by atoms with Crippen LogP contribution in [0.4, 0.5) is 0 Å². The van der Waals surface area contributed by atoms with E-state index in [1.54, 1.807) is 0 Å². The van der Waals surface area contributed by atoms with Gasteiger partial charge in [-0.05, 0) is 0 Å². The number of hydrogen-bond donors (Lipinski definition) is 1. The van der Waals surface area contributed by atoms with Gasteiger partial charge in [-0.3, -0.25) is 4.79 Å². The lowest BCUT2D eigenvalue weighted by molar-refractivity contribution is -0.112. The maximum absolute atomic E-state index is 10.0. The highest BCUT2D eigenvalue weighted by molar-refractivity contribution is 5.50. The van der Waals surface area contributed by atoms with Gasteiger partial charge in [-0.15, -0.1) is 0 Å². The number of amides is 1. The van der Waals surface area contributed by atoms with E-state index < -0.39 is 0 Å². The summed E-state index contributed by atoms with van der Waals surface area (Å²) >= 11 is 0. The van der Waals surface area contributed by atoms with Crippen molar-refractivity contribution in [3.63, 3.8) is 0 Å². The monoisotopic (exact) mass is 439 g/mol. The van der Waals surface area contributed by atoms with Crippen molar-refractivity contribution in [2.45, 2.75) is 0 Å². The summed E-state index contributed by atoms with van der Waals surface area (Å²) in [6.45, 7) is 7.86. The van der Waals surface area contributed by atoms with Crippen molar-refractivity contribution < 1.29 is 47.5 Å². The quantitative estimate of drug-likeness (QED) is 0.127. The summed E-state index contributed by atoms with van der Waals surface area (Å²) in [5.41, 5.74) is 0. The van der Waals surface area contributed by atoms with Crippen LogP contribution in [0.1, 0.15) is 0 Å². The van der Waals surface area contributed by atoms with Gasteiger partial charge in [0.05, 0.1) is 99.1 Å². The molecule has 0 aliphatic carbocycles. The summed E-state index contributed by atoms with van der Waals surface area (Å²) < 4.78 is 42.3. The smallest absolute Gasteiger partial charge is 0.207 e. The van der Waals surface area contributed by atoms with Gasteiger partial charge < -0.3 is 48.0 Å². The zero-order chi connectivity index (χ0) is 21.8. The molecule has 0 aliphatic heterocycles. The molecule has 30 heavy (non-hydrogen) atoms. The van der Waals surface area contributed by atoms with Crippen LogP contribution >= 0.6 is 0 Å². The molecule has 0 spiro atoms. The predicted molar refractivity (Wildman–Crippen MR) is 107 cm³/mol. The number of carbonyl (C=O) groups is 2. The van der Waals surface area contributed by atoms with E-state index in [-0.39, 0.29) is 6.61 Å². The molecule has 1 N–H and O–H groups in total. The molecule has 0 rings (SSSR count). The third-order valence-electron chi connectivity index (χ3n) is 3.26. The van der Waals surface area contributed by atoms with E-state index >= 15 is 0 Å². The number of carbonyl (C=O) groups excluding carboxylic acids is 2. The SMILES string of the molecule is O=CCOCCOCCOCCOCCOCCOCCOCCOCCNC=O. The Morgan fingerprint density at radius 3 is 1.03 bits per heavy atom. The highest BCUT2D eigenvalue weighted by atomic mass is 16.6. The van der Waals surface area contributed by atoms with Crippen molar-refractivity contribution in [1.82, 2.24) is 5.32 Å². The maximum Gasteiger partial charge on any atom is 0.207 e. The van der Waals surface area contributed by atoms with Gasteiger partial charge in [0.2, 0.25) is 6.41 Å². The van der Waals surface area contributed by atoms with Crippen LogP contribution in [-0.2, 0) is 47.5 Å². The average molecular weight is 440 g/mol. The van der Waals surface area contributed by atoms with E-state index in [0.29, 0.717) is 118 Å². The number of aldehydes is 1. The third kappa shape index (κ3) is 26.8. The molecule has 0 aliphatic rings. The van der Waals surface area contributed by atoms with Gasteiger partial charge >= 0.3 is 0 Å². The molecular formula is C19H37NO10. The Morgan fingerprint density at radius 2 is 0.733 bits per heavy atom. The van der Waals surface area contributed by atoms with Gasteiger partial charge in [-0.25, -0.2) is 0 Å². The zero-order valence-electron chi connectivity index (χ0n) is 17.8. The second kappa shape index (κ2) is 27.8. The molecule has 0 heterocycles. The molecule has 0 aromatic rings. The largest absolute Gasteiger partial charge is 0.377 e.